The number of pyridine rings is 4. The Balaban J connectivity index is 0.000000182. The van der Waals surface area contributed by atoms with Crippen molar-refractivity contribution in [3.8, 4) is 98.3 Å². The molecule has 31 heteroatoms. The predicted octanol–water partition coefficient (Wildman–Crippen LogP) is 19.8. The van der Waals surface area contributed by atoms with Crippen molar-refractivity contribution in [1.82, 2.24) is 19.9 Å². The molecule has 12 aromatic rings. The van der Waals surface area contributed by atoms with Crippen LogP contribution in [0.2, 0.25) is 5.02 Å². The van der Waals surface area contributed by atoms with Gasteiger partial charge in [0.1, 0.15) is 91.7 Å². The van der Waals surface area contributed by atoms with Crippen LogP contribution in [0.25, 0.3) is 0 Å². The molecule has 12 rings (SSSR count). The zero-order chi connectivity index (χ0) is 85.9. The summed E-state index contributed by atoms with van der Waals surface area (Å²) < 4.78 is 135. The molecule has 4 aromatic heterocycles. The largest absolute Gasteiger partial charge is 0.497 e. The number of amides is 4. The van der Waals surface area contributed by atoms with Crippen molar-refractivity contribution in [2.45, 2.75) is 53.9 Å². The van der Waals surface area contributed by atoms with E-state index in [1.807, 2.05) is 18.2 Å². The fourth-order valence-electron chi connectivity index (χ4n) is 11.4. The number of aromatic nitrogens is 4. The maximum Gasteiger partial charge on any atom is 0.243 e. The maximum atomic E-state index is 14.0. The second kappa shape index (κ2) is 45.8. The molecule has 0 atom stereocenters. The average molecular weight is 1670 g/mol. The van der Waals surface area contributed by atoms with Crippen molar-refractivity contribution in [3.63, 3.8) is 0 Å². The van der Waals surface area contributed by atoms with Gasteiger partial charge in [0.25, 0.3) is 0 Å². The van der Waals surface area contributed by atoms with Crippen LogP contribution in [0, 0.1) is 5.82 Å². The Labute approximate surface area is 694 Å². The molecule has 0 aliphatic rings. The van der Waals surface area contributed by atoms with Gasteiger partial charge in [0, 0.05) is 79.8 Å². The van der Waals surface area contributed by atoms with Crippen LogP contribution in [0.5, 0.6) is 98.3 Å². The van der Waals surface area contributed by atoms with Gasteiger partial charge in [-0.15, -0.1) is 0 Å². The van der Waals surface area contributed by atoms with E-state index < -0.39 is 33.3 Å². The lowest BCUT2D eigenvalue weighted by Crippen LogP contribution is -2.28. The predicted molar refractivity (Wildman–Crippen MR) is 440 cm³/mol. The summed E-state index contributed by atoms with van der Waals surface area (Å²) in [5, 5.41) is 0.576. The average Bonchev–Trinajstić information content (AvgIpc) is 0.888. The summed E-state index contributed by atoms with van der Waals surface area (Å²) in [5.74, 6) is 4.96. The van der Waals surface area contributed by atoms with Crippen LogP contribution in [0.3, 0.4) is 0 Å². The molecule has 0 fully saturated rings. The Bertz CT molecular complexity index is 5350. The number of hydrogen-bond acceptors (Lipinski definition) is 21. The third kappa shape index (κ3) is 25.5. The molecule has 0 spiro atoms. The van der Waals surface area contributed by atoms with Gasteiger partial charge >= 0.3 is 0 Å². The second-order valence-corrected chi connectivity index (χ2v) is 25.4. The molecule has 0 bridgehead atoms. The normalized spacial score (nSPS) is 10.4. The van der Waals surface area contributed by atoms with E-state index in [0.29, 0.717) is 113 Å². The molecule has 8 aromatic carbocycles. The number of hydrogen-bond donors (Lipinski definition) is 0. The summed E-state index contributed by atoms with van der Waals surface area (Å²) in [7, 11) is 7.66. The minimum atomic E-state index is -1.02. The Morgan fingerprint density at radius 1 is 0.300 bits per heavy atom. The third-order valence-electron chi connectivity index (χ3n) is 17.2. The highest BCUT2D eigenvalue weighted by molar-refractivity contribution is 6.30. The summed E-state index contributed by atoms with van der Waals surface area (Å²) in [5.41, 5.74) is 3.97. The number of rotatable bonds is 33. The molecule has 0 radical (unpaired) electrons. The van der Waals surface area contributed by atoms with E-state index in [1.54, 1.807) is 220 Å². The second-order valence-electron chi connectivity index (χ2n) is 24.9. The van der Waals surface area contributed by atoms with Crippen molar-refractivity contribution in [1.29, 1.82) is 0 Å². The fourth-order valence-corrected chi connectivity index (χ4v) is 11.6. The first-order valence-corrected chi connectivity index (χ1v) is 36.9. The van der Waals surface area contributed by atoms with Gasteiger partial charge < -0.3 is 81.2 Å². The van der Waals surface area contributed by atoms with Crippen molar-refractivity contribution in [2.75, 3.05) is 82.6 Å². The maximum absolute atomic E-state index is 14.0. The van der Waals surface area contributed by atoms with Crippen LogP contribution in [-0.2, 0) is 45.4 Å². The molecule has 0 aliphatic carbocycles. The number of para-hydroxylation sites is 2. The monoisotopic (exact) mass is 1670 g/mol. The minimum Gasteiger partial charge on any atom is -0.497 e. The number of ether oxygens (including phenoxy) is 13. The van der Waals surface area contributed by atoms with Gasteiger partial charge in [-0.3, -0.25) is 19.2 Å². The smallest absolute Gasteiger partial charge is 0.243 e. The number of alkyl halides is 4. The molecule has 0 saturated carbocycles. The molecule has 624 valence electrons. The molecule has 0 N–H and O–H groups in total. The quantitative estimate of drug-likeness (QED) is 0.0346. The van der Waals surface area contributed by atoms with Gasteiger partial charge in [-0.2, -0.15) is 0 Å². The topological polar surface area (TPSA) is 253 Å². The van der Waals surface area contributed by atoms with Crippen molar-refractivity contribution >= 4 is 58.0 Å². The zero-order valence-corrected chi connectivity index (χ0v) is 67.4. The van der Waals surface area contributed by atoms with E-state index >= 15 is 0 Å². The van der Waals surface area contributed by atoms with Crippen LogP contribution < -0.4 is 81.2 Å². The first-order valence-electron chi connectivity index (χ1n) is 36.5. The highest BCUT2D eigenvalue weighted by Crippen LogP contribution is 2.40. The molecule has 25 nitrogen and oxygen atoms in total. The van der Waals surface area contributed by atoms with Crippen LogP contribution in [0.15, 0.2) is 249 Å². The molecule has 0 unspecified atom stereocenters. The van der Waals surface area contributed by atoms with Gasteiger partial charge in [-0.05, 0) is 194 Å². The number of methoxy groups -OCH3 is 5. The fraction of sp³-hybridized carbons (Fsp3) is 0.191. The molecule has 0 aliphatic heterocycles. The zero-order valence-electron chi connectivity index (χ0n) is 66.6. The Kier molecular flexibility index (Phi) is 34.1. The number of benzene rings is 8. The SMILES string of the molecule is COc1ccc(OCF)c(CN(C(C)=O)c2cccnc2Oc2ccc(Cl)cc2)c1.COc1ccc(OCF)c(CN(C(C)=O)c2cccnc2Oc2ccccc2)c1.COc1ccc(OCF)c(CN(C(C)=O)c2cccnc2Oc2ccccc2F)c1.COc1ccc(Oc2ncccc2N(Cc2cc(OC)ccc2OCF)C(C)=O)cc1. The molecule has 120 heavy (non-hydrogen) atoms. The Morgan fingerprint density at radius 2 is 0.558 bits per heavy atom. The molecule has 4 heterocycles. The number of carbonyl (C=O) groups is 4. The van der Waals surface area contributed by atoms with E-state index in [4.69, 9.17) is 73.2 Å². The summed E-state index contributed by atoms with van der Waals surface area (Å²) in [4.78, 5) is 72.8. The Hall–Kier alpha value is -14.4. The van der Waals surface area contributed by atoms with E-state index in [1.165, 1.54) is 94.1 Å². The van der Waals surface area contributed by atoms with Gasteiger partial charge in [-0.25, -0.2) is 41.9 Å². The lowest BCUT2D eigenvalue weighted by Gasteiger charge is -2.24. The van der Waals surface area contributed by atoms with Gasteiger partial charge in [-0.1, -0.05) is 41.9 Å². The first-order chi connectivity index (χ1) is 58.2. The summed E-state index contributed by atoms with van der Waals surface area (Å²) in [6.07, 6.45) is 6.20. The van der Waals surface area contributed by atoms with Crippen LogP contribution in [0.4, 0.5) is 44.7 Å². The van der Waals surface area contributed by atoms with Crippen molar-refractivity contribution in [2.24, 2.45) is 0 Å². The number of nitrogens with zero attached hydrogens (tertiary/aromatic N) is 8. The lowest BCUT2D eigenvalue weighted by atomic mass is 10.1. The Morgan fingerprint density at radius 3 is 0.842 bits per heavy atom. The standard InChI is InChI=1S/C23H23FN2O5.C22H20ClFN2O4.C22H20F2N2O4.C22H21FN2O4/c1-16(27)26(14-17-13-20(29-3)10-11-22(17)30-15-24)21-5-4-12-25-23(21)31-19-8-6-18(28-2)7-9-19;1-15(27)26(13-16-12-19(28-2)9-10-21(16)29-14-24)20-4-3-11-25-22(20)30-18-7-5-17(23)6-8-18;1-15(27)26(13-16-12-17(28-2)9-10-20(16)29-14-23)19-7-5-11-25-22(19)30-21-8-4-3-6-18(21)24;1-16(26)25(14-17-13-19(27-2)10-11-21(17)28-15-23)20-9-6-12-24-22(20)29-18-7-4-3-5-8-18/h4-13H,14-15H2,1-3H3;2*3-12H,13-14H2,1-2H3;3-13H,14-15H2,1-2H3. The van der Waals surface area contributed by atoms with Crippen molar-refractivity contribution < 1.29 is 103 Å². The first kappa shape index (κ1) is 89.5. The van der Waals surface area contributed by atoms with Gasteiger partial charge in [0.2, 0.25) is 74.6 Å². The van der Waals surface area contributed by atoms with E-state index in [0.717, 1.165) is 0 Å². The van der Waals surface area contributed by atoms with Crippen LogP contribution in [-0.4, -0.2) is 107 Å². The summed E-state index contributed by atoms with van der Waals surface area (Å²) >= 11 is 5.92. The van der Waals surface area contributed by atoms with E-state index in [-0.39, 0.29) is 84.8 Å². The number of anilines is 4. The van der Waals surface area contributed by atoms with Crippen LogP contribution >= 0.6 is 11.6 Å². The highest BCUT2D eigenvalue weighted by Gasteiger charge is 2.27. The van der Waals surface area contributed by atoms with Crippen LogP contribution in [0.1, 0.15) is 49.9 Å². The lowest BCUT2D eigenvalue weighted by molar-refractivity contribution is -0.117. The third-order valence-corrected chi connectivity index (χ3v) is 17.5. The number of carbonyl (C=O) groups excluding carboxylic acids is 4. The van der Waals surface area contributed by atoms with E-state index in [9.17, 15) is 41.1 Å². The summed E-state index contributed by atoms with van der Waals surface area (Å²) in [6, 6.07) is 62.1. The minimum absolute atomic E-state index is 0.0243. The van der Waals surface area contributed by atoms with Crippen molar-refractivity contribution in [3.05, 3.63) is 282 Å². The van der Waals surface area contributed by atoms with Gasteiger partial charge in [0.15, 0.2) is 11.6 Å². The van der Waals surface area contributed by atoms with E-state index in [2.05, 4.69) is 19.9 Å². The molecular weight excluding hydrogens is 1580 g/mol. The summed E-state index contributed by atoms with van der Waals surface area (Å²) in [6.45, 7) is 2.05. The molecule has 0 saturated heterocycles. The molecule has 4 amide bonds. The number of halogens is 6. The van der Waals surface area contributed by atoms with Gasteiger partial charge in [0.05, 0.1) is 61.7 Å². The highest BCUT2D eigenvalue weighted by atomic mass is 35.5. The molecular formula is C89H84ClF5N8O17.